The number of hydrogen-bond acceptors (Lipinski definition) is 2. The third kappa shape index (κ3) is 2.59. The van der Waals surface area contributed by atoms with Crippen molar-refractivity contribution in [2.75, 3.05) is 7.11 Å². The molecule has 0 aliphatic carbocycles. The summed E-state index contributed by atoms with van der Waals surface area (Å²) in [5.74, 6) is 0.305. The van der Waals surface area contributed by atoms with Crippen LogP contribution in [0.1, 0.15) is 17.2 Å². The van der Waals surface area contributed by atoms with Crippen LogP contribution in [0.15, 0.2) is 12.1 Å². The van der Waals surface area contributed by atoms with Crippen molar-refractivity contribution < 1.29 is 23.0 Å². The van der Waals surface area contributed by atoms with Gasteiger partial charge in [-0.1, -0.05) is 11.6 Å². The molecule has 0 fully saturated rings. The number of aryl methyl sites for hydroxylation is 1. The normalized spacial score (nSPS) is 13.7. The molecule has 0 spiro atoms. The van der Waals surface area contributed by atoms with Gasteiger partial charge in [-0.3, -0.25) is 0 Å². The van der Waals surface area contributed by atoms with Gasteiger partial charge in [-0.05, 0) is 30.2 Å². The number of aliphatic hydroxyl groups is 1. The Morgan fingerprint density at radius 3 is 2.31 bits per heavy atom. The van der Waals surface area contributed by atoms with Crippen molar-refractivity contribution in [2.24, 2.45) is 0 Å². The zero-order valence-electron chi connectivity index (χ0n) is 8.60. The van der Waals surface area contributed by atoms with Crippen molar-refractivity contribution in [2.45, 2.75) is 19.2 Å². The minimum atomic E-state index is -4.70. The lowest BCUT2D eigenvalue weighted by atomic mass is 10.1. The van der Waals surface area contributed by atoms with Crippen LogP contribution in [0, 0.1) is 6.92 Å². The highest BCUT2D eigenvalue weighted by atomic mass is 35.5. The van der Waals surface area contributed by atoms with Crippen molar-refractivity contribution in [3.05, 3.63) is 28.3 Å². The molecule has 16 heavy (non-hydrogen) atoms. The van der Waals surface area contributed by atoms with Crippen LogP contribution in [0.2, 0.25) is 5.02 Å². The van der Waals surface area contributed by atoms with Crippen molar-refractivity contribution in [3.8, 4) is 5.75 Å². The Morgan fingerprint density at radius 1 is 1.38 bits per heavy atom. The fourth-order valence-electron chi connectivity index (χ4n) is 1.36. The number of halogens is 4. The van der Waals surface area contributed by atoms with Crippen LogP contribution >= 0.6 is 11.6 Å². The van der Waals surface area contributed by atoms with Crippen LogP contribution in [0.3, 0.4) is 0 Å². The van der Waals surface area contributed by atoms with Gasteiger partial charge in [0, 0.05) is 0 Å². The Bertz CT molecular complexity index is 367. The molecule has 0 amide bonds. The summed E-state index contributed by atoms with van der Waals surface area (Å²) < 4.78 is 41.7. The van der Waals surface area contributed by atoms with Gasteiger partial charge in [0.1, 0.15) is 5.75 Å². The maximum absolute atomic E-state index is 12.3. The van der Waals surface area contributed by atoms with E-state index in [1.807, 2.05) is 0 Å². The summed E-state index contributed by atoms with van der Waals surface area (Å²) in [7, 11) is 1.37. The maximum atomic E-state index is 12.3. The Labute approximate surface area is 95.6 Å². The topological polar surface area (TPSA) is 29.5 Å². The van der Waals surface area contributed by atoms with Crippen LogP contribution < -0.4 is 4.74 Å². The smallest absolute Gasteiger partial charge is 0.418 e. The van der Waals surface area contributed by atoms with E-state index in [4.69, 9.17) is 21.4 Å². The monoisotopic (exact) mass is 254 g/mol. The number of benzene rings is 1. The zero-order valence-corrected chi connectivity index (χ0v) is 9.36. The van der Waals surface area contributed by atoms with E-state index >= 15 is 0 Å². The molecule has 1 aromatic rings. The first-order valence-corrected chi connectivity index (χ1v) is 4.74. The van der Waals surface area contributed by atoms with Crippen LogP contribution in [-0.2, 0) is 0 Å². The average Bonchev–Trinajstić information content (AvgIpc) is 2.14. The Hall–Kier alpha value is -0.940. The van der Waals surface area contributed by atoms with Crippen LogP contribution in [0.25, 0.3) is 0 Å². The molecule has 1 unspecified atom stereocenters. The summed E-state index contributed by atoms with van der Waals surface area (Å²) in [6, 6.07) is 2.24. The Kier molecular flexibility index (Phi) is 3.70. The molecule has 1 atom stereocenters. The molecule has 0 aliphatic heterocycles. The molecular formula is C10H10ClF3O2. The molecule has 0 heterocycles. The van der Waals surface area contributed by atoms with E-state index in [9.17, 15) is 13.2 Å². The first-order chi connectivity index (χ1) is 7.27. The SMILES string of the molecule is COc1c(C)cc(C(O)C(F)(F)F)cc1Cl. The second kappa shape index (κ2) is 4.51. The Balaban J connectivity index is 3.19. The molecule has 0 aliphatic rings. The third-order valence-corrected chi connectivity index (χ3v) is 2.36. The zero-order chi connectivity index (χ0) is 12.5. The van der Waals surface area contributed by atoms with E-state index in [0.29, 0.717) is 11.3 Å². The predicted molar refractivity (Wildman–Crippen MR) is 53.8 cm³/mol. The molecule has 2 nitrogen and oxygen atoms in total. The van der Waals surface area contributed by atoms with Gasteiger partial charge in [0.25, 0.3) is 0 Å². The number of aliphatic hydroxyl groups excluding tert-OH is 1. The van der Waals surface area contributed by atoms with Gasteiger partial charge in [-0.25, -0.2) is 0 Å². The van der Waals surface area contributed by atoms with Gasteiger partial charge in [0.2, 0.25) is 0 Å². The largest absolute Gasteiger partial charge is 0.495 e. The lowest BCUT2D eigenvalue weighted by Crippen LogP contribution is -2.20. The van der Waals surface area contributed by atoms with Crippen LogP contribution in [0.4, 0.5) is 13.2 Å². The van der Waals surface area contributed by atoms with E-state index in [0.717, 1.165) is 6.07 Å². The third-order valence-electron chi connectivity index (χ3n) is 2.08. The minimum absolute atomic E-state index is 0.0424. The first-order valence-electron chi connectivity index (χ1n) is 4.36. The molecule has 90 valence electrons. The van der Waals surface area contributed by atoms with Gasteiger partial charge < -0.3 is 9.84 Å². The quantitative estimate of drug-likeness (QED) is 0.878. The summed E-state index contributed by atoms with van der Waals surface area (Å²) in [6.07, 6.45) is -7.24. The van der Waals surface area contributed by atoms with Gasteiger partial charge in [-0.15, -0.1) is 0 Å². The number of methoxy groups -OCH3 is 1. The van der Waals surface area contributed by atoms with Crippen molar-refractivity contribution in [1.82, 2.24) is 0 Å². The van der Waals surface area contributed by atoms with E-state index < -0.39 is 12.3 Å². The standard InChI is InChI=1S/C10H10ClF3O2/c1-5-3-6(9(15)10(12,13)14)4-7(11)8(5)16-2/h3-4,9,15H,1-2H3. The summed E-state index contributed by atoms with van der Waals surface area (Å²) in [6.45, 7) is 1.55. The average molecular weight is 255 g/mol. The summed E-state index contributed by atoms with van der Waals surface area (Å²) >= 11 is 5.73. The molecule has 0 saturated carbocycles. The van der Waals surface area contributed by atoms with Gasteiger partial charge in [-0.2, -0.15) is 13.2 Å². The van der Waals surface area contributed by atoms with Gasteiger partial charge in [0.05, 0.1) is 12.1 Å². The highest BCUT2D eigenvalue weighted by Gasteiger charge is 2.39. The van der Waals surface area contributed by atoms with Crippen molar-refractivity contribution in [3.63, 3.8) is 0 Å². The molecule has 0 bridgehead atoms. The van der Waals surface area contributed by atoms with Gasteiger partial charge in [0.15, 0.2) is 6.10 Å². The number of ether oxygens (including phenoxy) is 1. The molecule has 1 N–H and O–H groups in total. The van der Waals surface area contributed by atoms with Crippen LogP contribution in [0.5, 0.6) is 5.75 Å². The van der Waals surface area contributed by atoms with Gasteiger partial charge >= 0.3 is 6.18 Å². The predicted octanol–water partition coefficient (Wildman–Crippen LogP) is 3.25. The van der Waals surface area contributed by atoms with Crippen molar-refractivity contribution in [1.29, 1.82) is 0 Å². The number of alkyl halides is 3. The van der Waals surface area contributed by atoms with E-state index in [1.165, 1.54) is 13.2 Å². The molecule has 0 radical (unpaired) electrons. The fraction of sp³-hybridized carbons (Fsp3) is 0.400. The molecule has 6 heteroatoms. The first kappa shape index (κ1) is 13.1. The fourth-order valence-corrected chi connectivity index (χ4v) is 1.71. The van der Waals surface area contributed by atoms with E-state index in [1.54, 1.807) is 6.92 Å². The molecular weight excluding hydrogens is 245 g/mol. The van der Waals surface area contributed by atoms with Crippen molar-refractivity contribution >= 4 is 11.6 Å². The lowest BCUT2D eigenvalue weighted by Gasteiger charge is -2.17. The number of hydrogen-bond donors (Lipinski definition) is 1. The highest BCUT2D eigenvalue weighted by Crippen LogP contribution is 2.37. The molecule has 1 rings (SSSR count). The summed E-state index contributed by atoms with van der Waals surface area (Å²) in [5.41, 5.74) is 0.143. The van der Waals surface area contributed by atoms with E-state index in [2.05, 4.69) is 0 Å². The second-order valence-electron chi connectivity index (χ2n) is 3.30. The van der Waals surface area contributed by atoms with Crippen LogP contribution in [-0.4, -0.2) is 18.4 Å². The summed E-state index contributed by atoms with van der Waals surface area (Å²) in [4.78, 5) is 0. The molecule has 0 aromatic heterocycles. The minimum Gasteiger partial charge on any atom is -0.495 e. The lowest BCUT2D eigenvalue weighted by molar-refractivity contribution is -0.206. The second-order valence-corrected chi connectivity index (χ2v) is 3.70. The van der Waals surface area contributed by atoms with E-state index in [-0.39, 0.29) is 10.6 Å². The molecule has 0 saturated heterocycles. The maximum Gasteiger partial charge on any atom is 0.418 e. The number of rotatable bonds is 2. The summed E-state index contributed by atoms with van der Waals surface area (Å²) in [5, 5.41) is 9.09. The molecule has 1 aromatic carbocycles. The highest BCUT2D eigenvalue weighted by molar-refractivity contribution is 6.32. The Morgan fingerprint density at radius 2 is 1.94 bits per heavy atom.